The van der Waals surface area contributed by atoms with Crippen molar-refractivity contribution in [1.29, 1.82) is 0 Å². The summed E-state index contributed by atoms with van der Waals surface area (Å²) in [6, 6.07) is 12.1. The van der Waals surface area contributed by atoms with Crippen molar-refractivity contribution in [2.24, 2.45) is 0 Å². The van der Waals surface area contributed by atoms with Gasteiger partial charge in [-0.3, -0.25) is 20.2 Å². The SMILES string of the molecule is Nc1cccc(C(=O)Nc2ncnc(NC(=O)c3ccc(O)cc3)n2)c1. The smallest absolute Gasteiger partial charge is 0.258 e. The van der Waals surface area contributed by atoms with E-state index in [0.29, 0.717) is 16.8 Å². The van der Waals surface area contributed by atoms with Gasteiger partial charge in [0.1, 0.15) is 12.1 Å². The van der Waals surface area contributed by atoms with Crippen molar-refractivity contribution in [3.05, 3.63) is 66.0 Å². The number of aromatic nitrogens is 3. The molecule has 0 spiro atoms. The van der Waals surface area contributed by atoms with Crippen molar-refractivity contribution in [3.63, 3.8) is 0 Å². The summed E-state index contributed by atoms with van der Waals surface area (Å²) in [6.07, 6.45) is 1.16. The van der Waals surface area contributed by atoms with Crippen LogP contribution in [0.4, 0.5) is 17.6 Å². The number of phenols is 1. The largest absolute Gasteiger partial charge is 0.508 e. The second kappa shape index (κ2) is 7.26. The highest BCUT2D eigenvalue weighted by molar-refractivity contribution is 6.04. The summed E-state index contributed by atoms with van der Waals surface area (Å²) in [5, 5.41) is 14.2. The van der Waals surface area contributed by atoms with Crippen LogP contribution in [0.25, 0.3) is 0 Å². The second-order valence-corrected chi connectivity index (χ2v) is 5.21. The minimum Gasteiger partial charge on any atom is -0.508 e. The van der Waals surface area contributed by atoms with Crippen LogP contribution in [-0.2, 0) is 0 Å². The molecule has 26 heavy (non-hydrogen) atoms. The van der Waals surface area contributed by atoms with Gasteiger partial charge in [-0.15, -0.1) is 0 Å². The average molecular weight is 350 g/mol. The monoisotopic (exact) mass is 350 g/mol. The molecule has 3 aromatic rings. The molecule has 0 saturated carbocycles. The molecule has 0 fully saturated rings. The molecule has 0 unspecified atom stereocenters. The van der Waals surface area contributed by atoms with E-state index in [4.69, 9.17) is 5.73 Å². The molecule has 2 amide bonds. The second-order valence-electron chi connectivity index (χ2n) is 5.21. The highest BCUT2D eigenvalue weighted by Gasteiger charge is 2.11. The molecule has 2 aromatic carbocycles. The van der Waals surface area contributed by atoms with E-state index in [-0.39, 0.29) is 17.6 Å². The van der Waals surface area contributed by atoms with E-state index in [2.05, 4.69) is 25.6 Å². The van der Waals surface area contributed by atoms with E-state index >= 15 is 0 Å². The summed E-state index contributed by atoms with van der Waals surface area (Å²) >= 11 is 0. The van der Waals surface area contributed by atoms with Crippen LogP contribution < -0.4 is 16.4 Å². The molecule has 1 heterocycles. The lowest BCUT2D eigenvalue weighted by Gasteiger charge is -2.07. The Kier molecular flexibility index (Phi) is 4.70. The third-order valence-corrected chi connectivity index (χ3v) is 3.30. The molecule has 9 heteroatoms. The van der Waals surface area contributed by atoms with Crippen LogP contribution in [0.15, 0.2) is 54.9 Å². The Labute approximate surface area is 147 Å². The zero-order chi connectivity index (χ0) is 18.5. The minimum absolute atomic E-state index is 0.0200. The number of rotatable bonds is 4. The number of anilines is 3. The van der Waals surface area contributed by atoms with Crippen molar-refractivity contribution < 1.29 is 14.7 Å². The maximum absolute atomic E-state index is 12.2. The highest BCUT2D eigenvalue weighted by Crippen LogP contribution is 2.12. The molecule has 0 saturated heterocycles. The third kappa shape index (κ3) is 4.09. The molecule has 9 nitrogen and oxygen atoms in total. The number of hydrogen-bond acceptors (Lipinski definition) is 7. The van der Waals surface area contributed by atoms with Gasteiger partial charge in [-0.2, -0.15) is 4.98 Å². The number of nitrogens with zero attached hydrogens (tertiary/aromatic N) is 3. The molecule has 130 valence electrons. The van der Waals surface area contributed by atoms with E-state index in [0.717, 1.165) is 6.33 Å². The number of nitrogens with one attached hydrogen (secondary N) is 2. The summed E-state index contributed by atoms with van der Waals surface area (Å²) in [5.74, 6) is -0.911. The van der Waals surface area contributed by atoms with E-state index in [1.807, 2.05) is 0 Å². The van der Waals surface area contributed by atoms with E-state index < -0.39 is 11.8 Å². The predicted molar refractivity (Wildman–Crippen MR) is 94.7 cm³/mol. The molecule has 0 aliphatic rings. The van der Waals surface area contributed by atoms with Gasteiger partial charge in [-0.1, -0.05) is 6.07 Å². The number of carbonyl (C=O) groups excluding carboxylic acids is 2. The molecular formula is C17H14N6O3. The van der Waals surface area contributed by atoms with Gasteiger partial charge in [0.2, 0.25) is 11.9 Å². The first-order chi connectivity index (χ1) is 12.5. The number of hydrogen-bond donors (Lipinski definition) is 4. The van der Waals surface area contributed by atoms with Gasteiger partial charge in [-0.05, 0) is 42.5 Å². The number of amides is 2. The van der Waals surface area contributed by atoms with Crippen molar-refractivity contribution in [3.8, 4) is 5.75 Å². The zero-order valence-electron chi connectivity index (χ0n) is 13.4. The van der Waals surface area contributed by atoms with E-state index in [9.17, 15) is 14.7 Å². The van der Waals surface area contributed by atoms with Gasteiger partial charge in [-0.25, -0.2) is 9.97 Å². The summed E-state index contributed by atoms with van der Waals surface area (Å²) in [5.41, 5.74) is 6.76. The highest BCUT2D eigenvalue weighted by atomic mass is 16.3. The van der Waals surface area contributed by atoms with Crippen molar-refractivity contribution >= 4 is 29.4 Å². The Morgan fingerprint density at radius 2 is 1.50 bits per heavy atom. The molecule has 5 N–H and O–H groups in total. The zero-order valence-corrected chi connectivity index (χ0v) is 13.4. The number of phenolic OH excluding ortho intramolecular Hbond substituents is 1. The Bertz CT molecular complexity index is 959. The summed E-state index contributed by atoms with van der Waals surface area (Å²) in [4.78, 5) is 36.0. The predicted octanol–water partition coefficient (Wildman–Crippen LogP) is 1.66. The molecule has 0 atom stereocenters. The molecule has 0 aliphatic heterocycles. The van der Waals surface area contributed by atoms with Gasteiger partial charge >= 0.3 is 0 Å². The van der Waals surface area contributed by atoms with Crippen molar-refractivity contribution in [2.45, 2.75) is 0 Å². The topological polar surface area (TPSA) is 143 Å². The number of aromatic hydroxyl groups is 1. The number of carbonyl (C=O) groups is 2. The molecule has 0 radical (unpaired) electrons. The maximum atomic E-state index is 12.2. The normalized spacial score (nSPS) is 10.2. The van der Waals surface area contributed by atoms with Crippen LogP contribution in [0.3, 0.4) is 0 Å². The van der Waals surface area contributed by atoms with Crippen molar-refractivity contribution in [2.75, 3.05) is 16.4 Å². The van der Waals surface area contributed by atoms with Crippen LogP contribution in [-0.4, -0.2) is 31.9 Å². The molecular weight excluding hydrogens is 336 g/mol. The molecule has 3 rings (SSSR count). The van der Waals surface area contributed by atoms with Gasteiger partial charge in [0.15, 0.2) is 0 Å². The van der Waals surface area contributed by atoms with Crippen LogP contribution >= 0.6 is 0 Å². The van der Waals surface area contributed by atoms with E-state index in [1.165, 1.54) is 30.3 Å². The lowest BCUT2D eigenvalue weighted by atomic mass is 10.2. The summed E-state index contributed by atoms with van der Waals surface area (Å²) in [7, 11) is 0. The summed E-state index contributed by atoms with van der Waals surface area (Å²) in [6.45, 7) is 0. The van der Waals surface area contributed by atoms with Crippen molar-refractivity contribution in [1.82, 2.24) is 15.0 Å². The van der Waals surface area contributed by atoms with Crippen LogP contribution in [0.2, 0.25) is 0 Å². The number of nitrogen functional groups attached to an aromatic ring is 1. The first kappa shape index (κ1) is 16.8. The average Bonchev–Trinajstić information content (AvgIpc) is 2.62. The molecule has 0 bridgehead atoms. The van der Waals surface area contributed by atoms with Gasteiger partial charge in [0.25, 0.3) is 11.8 Å². The Balaban J connectivity index is 1.71. The Morgan fingerprint density at radius 3 is 2.12 bits per heavy atom. The standard InChI is InChI=1S/C17H14N6O3/c18-12-3-1-2-11(8-12)15(26)22-17-20-9-19-16(23-17)21-14(25)10-4-6-13(24)7-5-10/h1-9,24H,18H2,(H2,19,20,21,22,23,25,26). The molecule has 1 aromatic heterocycles. The first-order valence-electron chi connectivity index (χ1n) is 7.47. The number of benzene rings is 2. The maximum Gasteiger partial charge on any atom is 0.258 e. The fourth-order valence-corrected chi connectivity index (χ4v) is 2.06. The van der Waals surface area contributed by atoms with Crippen LogP contribution in [0.1, 0.15) is 20.7 Å². The Morgan fingerprint density at radius 1 is 0.885 bits per heavy atom. The van der Waals surface area contributed by atoms with Crippen LogP contribution in [0, 0.1) is 0 Å². The van der Waals surface area contributed by atoms with Gasteiger partial charge in [0, 0.05) is 16.8 Å². The third-order valence-electron chi connectivity index (χ3n) is 3.30. The quantitative estimate of drug-likeness (QED) is 0.524. The van der Waals surface area contributed by atoms with E-state index in [1.54, 1.807) is 18.2 Å². The lowest BCUT2D eigenvalue weighted by molar-refractivity contribution is 0.101. The minimum atomic E-state index is -0.468. The first-order valence-corrected chi connectivity index (χ1v) is 7.47. The molecule has 0 aliphatic carbocycles. The fraction of sp³-hybridized carbons (Fsp3) is 0. The van der Waals surface area contributed by atoms with Gasteiger partial charge in [0.05, 0.1) is 0 Å². The van der Waals surface area contributed by atoms with Gasteiger partial charge < -0.3 is 10.8 Å². The lowest BCUT2D eigenvalue weighted by Crippen LogP contribution is -2.18. The Hall–Kier alpha value is -4.01. The van der Waals surface area contributed by atoms with Crippen LogP contribution in [0.5, 0.6) is 5.75 Å². The summed E-state index contributed by atoms with van der Waals surface area (Å²) < 4.78 is 0. The fourth-order valence-electron chi connectivity index (χ4n) is 2.06. The number of nitrogens with two attached hydrogens (primary N) is 1.